The highest BCUT2D eigenvalue weighted by Crippen LogP contribution is 2.35. The number of hydrogen-bond acceptors (Lipinski definition) is 8. The van der Waals surface area contributed by atoms with E-state index in [1.165, 1.54) is 4.90 Å². The average molecular weight is 551 g/mol. The maximum absolute atomic E-state index is 14.2. The van der Waals surface area contributed by atoms with Gasteiger partial charge in [-0.1, -0.05) is 25.0 Å². The van der Waals surface area contributed by atoms with Gasteiger partial charge in [0.15, 0.2) is 5.69 Å². The maximum atomic E-state index is 14.2. The summed E-state index contributed by atoms with van der Waals surface area (Å²) >= 11 is 0.780. The molecule has 206 valence electrons. The van der Waals surface area contributed by atoms with E-state index >= 15 is 0 Å². The number of nitrogen functional groups attached to an aromatic ring is 1. The number of nitrogens with one attached hydrogen (secondary N) is 1. The molecule has 0 radical (unpaired) electrons. The van der Waals surface area contributed by atoms with Crippen molar-refractivity contribution in [3.05, 3.63) is 64.7 Å². The highest BCUT2D eigenvalue weighted by atomic mass is 32.1. The van der Waals surface area contributed by atoms with E-state index in [4.69, 9.17) is 16.2 Å². The Hall–Kier alpha value is -4.12. The van der Waals surface area contributed by atoms with Crippen LogP contribution in [-0.2, 0) is 4.79 Å². The zero-order valence-electron chi connectivity index (χ0n) is 22.3. The van der Waals surface area contributed by atoms with Crippen LogP contribution in [-0.4, -0.2) is 48.8 Å². The molecule has 0 aliphatic heterocycles. The van der Waals surface area contributed by atoms with Crippen LogP contribution in [0, 0.1) is 0 Å². The van der Waals surface area contributed by atoms with Crippen LogP contribution < -0.4 is 31.3 Å². The van der Waals surface area contributed by atoms with Gasteiger partial charge < -0.3 is 26.4 Å². The van der Waals surface area contributed by atoms with Crippen LogP contribution >= 0.6 is 11.5 Å². The van der Waals surface area contributed by atoms with E-state index in [0.717, 1.165) is 42.9 Å². The number of aromatic nitrogens is 1. The smallest absolute Gasteiger partial charge is 0.273 e. The first-order valence-corrected chi connectivity index (χ1v) is 13.7. The molecule has 1 aromatic heterocycles. The number of primary amides is 1. The SMILES string of the molecule is CCOc1ccc(N(C(=O)c2snc(C(N)=O)c2N)C(C(=O)NC2CCCC2)c2ccc(N(C)C)cc2)cc1. The number of ether oxygens (including phenoxy) is 1. The Morgan fingerprint density at radius 1 is 1.05 bits per heavy atom. The Labute approximate surface area is 232 Å². The van der Waals surface area contributed by atoms with Crippen LogP contribution in [0.25, 0.3) is 0 Å². The quantitative estimate of drug-likeness (QED) is 0.349. The molecule has 1 atom stereocenters. The molecule has 0 bridgehead atoms. The van der Waals surface area contributed by atoms with Crippen molar-refractivity contribution in [1.82, 2.24) is 9.69 Å². The van der Waals surface area contributed by atoms with Gasteiger partial charge in [0.25, 0.3) is 11.8 Å². The molecule has 4 rings (SSSR count). The lowest BCUT2D eigenvalue weighted by Gasteiger charge is -2.32. The molecular weight excluding hydrogens is 516 g/mol. The van der Waals surface area contributed by atoms with E-state index < -0.39 is 17.9 Å². The van der Waals surface area contributed by atoms with Gasteiger partial charge in [0.1, 0.15) is 16.7 Å². The van der Waals surface area contributed by atoms with Gasteiger partial charge in [-0.3, -0.25) is 19.3 Å². The predicted octanol–water partition coefficient (Wildman–Crippen LogP) is 3.74. The second-order valence-corrected chi connectivity index (χ2v) is 10.4. The van der Waals surface area contributed by atoms with Gasteiger partial charge in [0.05, 0.1) is 12.3 Å². The molecule has 1 saturated carbocycles. The zero-order chi connectivity index (χ0) is 28.1. The number of carbonyl (C=O) groups excluding carboxylic acids is 3. The number of nitrogens with two attached hydrogens (primary N) is 2. The lowest BCUT2D eigenvalue weighted by Crippen LogP contribution is -2.46. The van der Waals surface area contributed by atoms with Crippen molar-refractivity contribution < 1.29 is 19.1 Å². The van der Waals surface area contributed by atoms with Gasteiger partial charge >= 0.3 is 0 Å². The highest BCUT2D eigenvalue weighted by molar-refractivity contribution is 7.09. The Balaban J connectivity index is 1.84. The average Bonchev–Trinajstić information content (AvgIpc) is 3.57. The first-order valence-electron chi connectivity index (χ1n) is 12.9. The zero-order valence-corrected chi connectivity index (χ0v) is 23.2. The molecule has 1 aliphatic rings. The van der Waals surface area contributed by atoms with Gasteiger partial charge in [0.2, 0.25) is 5.91 Å². The van der Waals surface area contributed by atoms with Gasteiger partial charge in [-0.15, -0.1) is 0 Å². The van der Waals surface area contributed by atoms with Crippen molar-refractivity contribution in [3.63, 3.8) is 0 Å². The molecule has 1 aliphatic carbocycles. The molecule has 5 N–H and O–H groups in total. The highest BCUT2D eigenvalue weighted by Gasteiger charge is 2.37. The molecule has 1 unspecified atom stereocenters. The van der Waals surface area contributed by atoms with Crippen LogP contribution in [0.1, 0.15) is 64.4 Å². The molecule has 10 nitrogen and oxygen atoms in total. The van der Waals surface area contributed by atoms with Gasteiger partial charge in [-0.25, -0.2) is 0 Å². The Bertz CT molecular complexity index is 1320. The summed E-state index contributed by atoms with van der Waals surface area (Å²) in [4.78, 5) is 43.4. The second-order valence-electron chi connectivity index (χ2n) is 9.62. The van der Waals surface area contributed by atoms with Crippen molar-refractivity contribution in [2.45, 2.75) is 44.7 Å². The van der Waals surface area contributed by atoms with Crippen LogP contribution in [0.2, 0.25) is 0 Å². The normalized spacial score (nSPS) is 14.0. The van der Waals surface area contributed by atoms with Crippen molar-refractivity contribution in [2.24, 2.45) is 5.73 Å². The molecule has 3 aromatic rings. The van der Waals surface area contributed by atoms with Gasteiger partial charge in [-0.2, -0.15) is 4.37 Å². The summed E-state index contributed by atoms with van der Waals surface area (Å²) in [5, 5.41) is 3.16. The van der Waals surface area contributed by atoms with E-state index in [-0.39, 0.29) is 28.2 Å². The largest absolute Gasteiger partial charge is 0.494 e. The van der Waals surface area contributed by atoms with E-state index in [1.807, 2.05) is 50.2 Å². The van der Waals surface area contributed by atoms with E-state index in [2.05, 4.69) is 9.69 Å². The summed E-state index contributed by atoms with van der Waals surface area (Å²) in [7, 11) is 3.86. The van der Waals surface area contributed by atoms with E-state index in [1.54, 1.807) is 24.3 Å². The third kappa shape index (κ3) is 6.14. The van der Waals surface area contributed by atoms with Crippen LogP contribution in [0.4, 0.5) is 17.1 Å². The van der Waals surface area contributed by atoms with Crippen molar-refractivity contribution >= 4 is 46.3 Å². The molecule has 0 spiro atoms. The standard InChI is InChI=1S/C28H34N6O4S/c1-4-38-21-15-13-20(14-16-21)34(28(37)25-22(29)23(26(30)35)32-39-25)24(27(36)31-18-7-5-6-8-18)17-9-11-19(12-10-17)33(2)3/h9-16,18,24H,4-8,29H2,1-3H3,(H2,30,35)(H,31,36). The first-order chi connectivity index (χ1) is 18.7. The third-order valence-corrected chi connectivity index (χ3v) is 7.58. The molecular formula is C28H34N6O4S. The molecule has 11 heteroatoms. The number of rotatable bonds is 10. The molecule has 1 fully saturated rings. The minimum Gasteiger partial charge on any atom is -0.494 e. The number of hydrogen-bond donors (Lipinski definition) is 3. The minimum atomic E-state index is -1.02. The molecule has 0 saturated heterocycles. The van der Waals surface area contributed by atoms with Gasteiger partial charge in [0, 0.05) is 31.5 Å². The Kier molecular flexibility index (Phi) is 8.70. The minimum absolute atomic E-state index is 0.0289. The fourth-order valence-electron chi connectivity index (χ4n) is 4.71. The molecule has 39 heavy (non-hydrogen) atoms. The number of benzene rings is 2. The van der Waals surface area contributed by atoms with Crippen LogP contribution in [0.15, 0.2) is 48.5 Å². The van der Waals surface area contributed by atoms with E-state index in [9.17, 15) is 14.4 Å². The number of amides is 3. The van der Waals surface area contributed by atoms with Crippen LogP contribution in [0.3, 0.4) is 0 Å². The first kappa shape index (κ1) is 27.9. The van der Waals surface area contributed by atoms with Crippen molar-refractivity contribution in [3.8, 4) is 5.75 Å². The fourth-order valence-corrected chi connectivity index (χ4v) is 5.46. The van der Waals surface area contributed by atoms with Crippen molar-refractivity contribution in [1.29, 1.82) is 0 Å². The Morgan fingerprint density at radius 2 is 1.67 bits per heavy atom. The maximum Gasteiger partial charge on any atom is 0.273 e. The lowest BCUT2D eigenvalue weighted by atomic mass is 10.0. The molecule has 1 heterocycles. The molecule has 2 aromatic carbocycles. The van der Waals surface area contributed by atoms with Crippen LogP contribution in [0.5, 0.6) is 5.75 Å². The fraction of sp³-hybridized carbons (Fsp3) is 0.357. The summed E-state index contributed by atoms with van der Waals surface area (Å²) in [5.74, 6) is -1.07. The predicted molar refractivity (Wildman–Crippen MR) is 153 cm³/mol. The second kappa shape index (κ2) is 12.2. The van der Waals surface area contributed by atoms with E-state index in [0.29, 0.717) is 23.6 Å². The number of carbonyl (C=O) groups is 3. The third-order valence-electron chi connectivity index (χ3n) is 6.73. The molecule has 3 amide bonds. The summed E-state index contributed by atoms with van der Waals surface area (Å²) in [6.07, 6.45) is 3.86. The summed E-state index contributed by atoms with van der Waals surface area (Å²) in [5.41, 5.74) is 13.3. The topological polar surface area (TPSA) is 144 Å². The number of anilines is 3. The van der Waals surface area contributed by atoms with Crippen molar-refractivity contribution in [2.75, 3.05) is 36.2 Å². The summed E-state index contributed by atoms with van der Waals surface area (Å²) in [6, 6.07) is 13.4. The summed E-state index contributed by atoms with van der Waals surface area (Å²) < 4.78 is 9.60. The number of nitrogens with zero attached hydrogens (tertiary/aromatic N) is 3. The monoisotopic (exact) mass is 550 g/mol. The van der Waals surface area contributed by atoms with Gasteiger partial charge in [-0.05, 0) is 73.3 Å². The lowest BCUT2D eigenvalue weighted by molar-refractivity contribution is -0.123. The Morgan fingerprint density at radius 3 is 2.21 bits per heavy atom. The summed E-state index contributed by atoms with van der Waals surface area (Å²) in [6.45, 7) is 2.37.